The Morgan fingerprint density at radius 3 is 2.84 bits per heavy atom. The molecule has 1 N–H and O–H groups in total. The molecule has 2 aromatic rings. The molecule has 1 atom stereocenters. The van der Waals surface area contributed by atoms with Gasteiger partial charge in [0.2, 0.25) is 5.44 Å². The molecule has 0 fully saturated rings. The zero-order chi connectivity index (χ0) is 18.4. The summed E-state index contributed by atoms with van der Waals surface area (Å²) in [5.74, 6) is 2.87. The molecule has 132 valence electrons. The van der Waals surface area contributed by atoms with Crippen LogP contribution in [0.3, 0.4) is 0 Å². The van der Waals surface area contributed by atoms with Crippen LogP contribution in [0.4, 0.5) is 0 Å². The second kappa shape index (κ2) is 8.24. The van der Waals surface area contributed by atoms with Crippen molar-refractivity contribution in [3.63, 3.8) is 0 Å². The number of carbonyl (C=O) groups is 1. The lowest BCUT2D eigenvalue weighted by molar-refractivity contribution is -0.125. The van der Waals surface area contributed by atoms with Gasteiger partial charge in [-0.25, -0.2) is 0 Å². The van der Waals surface area contributed by atoms with E-state index in [0.29, 0.717) is 12.4 Å². The van der Waals surface area contributed by atoms with E-state index >= 15 is 0 Å². The molecule has 0 aliphatic rings. The maximum Gasteiger partial charge on any atom is 0.272 e. The Morgan fingerprint density at radius 2 is 2.20 bits per heavy atom. The Labute approximate surface area is 152 Å². The van der Waals surface area contributed by atoms with Gasteiger partial charge in [-0.05, 0) is 49.9 Å². The van der Waals surface area contributed by atoms with Crippen molar-refractivity contribution in [1.82, 2.24) is 10.3 Å². The van der Waals surface area contributed by atoms with Gasteiger partial charge < -0.3 is 14.8 Å². The fourth-order valence-electron chi connectivity index (χ4n) is 2.21. The van der Waals surface area contributed by atoms with Crippen molar-refractivity contribution in [2.45, 2.75) is 31.4 Å². The minimum atomic E-state index is -0.725. The van der Waals surface area contributed by atoms with E-state index in [9.17, 15) is 4.79 Å². The maximum absolute atomic E-state index is 12.4. The first-order valence-electron chi connectivity index (χ1n) is 7.75. The normalized spacial score (nSPS) is 12.4. The molecule has 5 nitrogen and oxygen atoms in total. The number of pyridine rings is 1. The van der Waals surface area contributed by atoms with Crippen molar-refractivity contribution in [3.8, 4) is 18.1 Å². The maximum atomic E-state index is 12.4. The smallest absolute Gasteiger partial charge is 0.272 e. The SMILES string of the molecule is C#CC(C)(C)NC(=O)C(Oc1ccc2ncc(COC)cc2c1)SC. The lowest BCUT2D eigenvalue weighted by Crippen LogP contribution is -2.47. The average Bonchev–Trinajstić information content (AvgIpc) is 2.59. The molecule has 1 heterocycles. The fraction of sp³-hybridized carbons (Fsp3) is 0.368. The molecule has 6 heteroatoms. The van der Waals surface area contributed by atoms with Crippen LogP contribution in [0.25, 0.3) is 10.9 Å². The summed E-state index contributed by atoms with van der Waals surface area (Å²) in [6.45, 7) is 4.02. The van der Waals surface area contributed by atoms with E-state index in [2.05, 4.69) is 16.2 Å². The monoisotopic (exact) mass is 358 g/mol. The molecule has 0 saturated carbocycles. The van der Waals surface area contributed by atoms with Gasteiger partial charge in [-0.15, -0.1) is 18.2 Å². The molecule has 1 unspecified atom stereocenters. The number of rotatable bonds is 7. The number of ether oxygens (including phenoxy) is 2. The number of thioether (sulfide) groups is 1. The molecular formula is C19H22N2O3S. The zero-order valence-electron chi connectivity index (χ0n) is 14.8. The number of hydrogen-bond acceptors (Lipinski definition) is 5. The summed E-state index contributed by atoms with van der Waals surface area (Å²) in [5.41, 5.74) is 0.407. The van der Waals surface area contributed by atoms with Crippen LogP contribution in [0.5, 0.6) is 5.75 Å². The van der Waals surface area contributed by atoms with Crippen LogP contribution < -0.4 is 10.1 Å². The largest absolute Gasteiger partial charge is 0.470 e. The first kappa shape index (κ1) is 19.1. The van der Waals surface area contributed by atoms with Crippen molar-refractivity contribution in [1.29, 1.82) is 0 Å². The number of fused-ring (bicyclic) bond motifs is 1. The highest BCUT2D eigenvalue weighted by Gasteiger charge is 2.25. The Balaban J connectivity index is 2.19. The third-order valence-corrected chi connectivity index (χ3v) is 4.23. The molecule has 1 aromatic carbocycles. The summed E-state index contributed by atoms with van der Waals surface area (Å²) in [5, 5.41) is 3.72. The minimum absolute atomic E-state index is 0.262. The van der Waals surface area contributed by atoms with Gasteiger partial charge >= 0.3 is 0 Å². The van der Waals surface area contributed by atoms with Crippen molar-refractivity contribution >= 4 is 28.6 Å². The number of carbonyl (C=O) groups excluding carboxylic acids is 1. The van der Waals surface area contributed by atoms with Crippen molar-refractivity contribution in [2.75, 3.05) is 13.4 Å². The van der Waals surface area contributed by atoms with Gasteiger partial charge in [0.05, 0.1) is 17.7 Å². The molecule has 25 heavy (non-hydrogen) atoms. The number of terminal acetylenes is 1. The summed E-state index contributed by atoms with van der Waals surface area (Å²) in [4.78, 5) is 16.8. The summed E-state index contributed by atoms with van der Waals surface area (Å²) >= 11 is 1.30. The van der Waals surface area contributed by atoms with E-state index in [-0.39, 0.29) is 5.91 Å². The van der Waals surface area contributed by atoms with Crippen molar-refractivity contribution in [3.05, 3.63) is 36.0 Å². The predicted molar refractivity (Wildman–Crippen MR) is 101 cm³/mol. The molecule has 0 saturated heterocycles. The number of nitrogens with zero attached hydrogens (tertiary/aromatic N) is 1. The highest BCUT2D eigenvalue weighted by Crippen LogP contribution is 2.23. The topological polar surface area (TPSA) is 60.5 Å². The number of hydrogen-bond donors (Lipinski definition) is 1. The first-order chi connectivity index (χ1) is 11.9. The predicted octanol–water partition coefficient (Wildman–Crippen LogP) is 2.98. The van der Waals surface area contributed by atoms with E-state index in [4.69, 9.17) is 15.9 Å². The third kappa shape index (κ3) is 5.12. The minimum Gasteiger partial charge on any atom is -0.470 e. The number of aromatic nitrogens is 1. The standard InChI is InChI=1S/C19H22N2O3S/c1-6-19(2,3)21-17(22)18(25-5)24-15-7-8-16-14(10-15)9-13(11-20-16)12-23-4/h1,7-11,18H,12H2,2-5H3,(H,21,22). The van der Waals surface area contributed by atoms with Gasteiger partial charge in [-0.1, -0.05) is 5.92 Å². The number of benzene rings is 1. The molecule has 2 rings (SSSR count). The molecule has 0 radical (unpaired) electrons. The summed E-state index contributed by atoms with van der Waals surface area (Å²) in [6, 6.07) is 7.52. The van der Waals surface area contributed by atoms with E-state index in [1.54, 1.807) is 33.2 Å². The fourth-order valence-corrected chi connectivity index (χ4v) is 2.69. The third-order valence-electron chi connectivity index (χ3n) is 3.49. The number of nitrogens with one attached hydrogen (secondary N) is 1. The Morgan fingerprint density at radius 1 is 1.44 bits per heavy atom. The Kier molecular flexibility index (Phi) is 6.29. The van der Waals surface area contributed by atoms with Crippen LogP contribution in [-0.2, 0) is 16.1 Å². The molecule has 0 aliphatic heterocycles. The van der Waals surface area contributed by atoms with Crippen LogP contribution in [0.2, 0.25) is 0 Å². The van der Waals surface area contributed by atoms with E-state index < -0.39 is 11.0 Å². The van der Waals surface area contributed by atoms with Crippen molar-refractivity contribution in [2.24, 2.45) is 0 Å². The van der Waals surface area contributed by atoms with E-state index in [0.717, 1.165) is 16.5 Å². The molecule has 1 amide bonds. The van der Waals surface area contributed by atoms with Crippen LogP contribution in [0, 0.1) is 12.3 Å². The van der Waals surface area contributed by atoms with Crippen LogP contribution in [0.15, 0.2) is 30.5 Å². The molecular weight excluding hydrogens is 336 g/mol. The van der Waals surface area contributed by atoms with Crippen molar-refractivity contribution < 1.29 is 14.3 Å². The molecule has 0 spiro atoms. The second-order valence-corrected chi connectivity index (χ2v) is 6.97. The highest BCUT2D eigenvalue weighted by molar-refractivity contribution is 7.99. The quantitative estimate of drug-likeness (QED) is 0.609. The van der Waals surface area contributed by atoms with Crippen LogP contribution in [-0.4, -0.2) is 35.2 Å². The van der Waals surface area contributed by atoms with E-state index in [1.165, 1.54) is 11.8 Å². The molecule has 0 bridgehead atoms. The Bertz CT molecular complexity index is 799. The van der Waals surface area contributed by atoms with Crippen LogP contribution in [0.1, 0.15) is 19.4 Å². The highest BCUT2D eigenvalue weighted by atomic mass is 32.2. The average molecular weight is 358 g/mol. The van der Waals surface area contributed by atoms with Gasteiger partial charge in [0, 0.05) is 18.7 Å². The first-order valence-corrected chi connectivity index (χ1v) is 9.04. The molecule has 0 aliphatic carbocycles. The second-order valence-electron chi connectivity index (χ2n) is 6.08. The van der Waals surface area contributed by atoms with Crippen LogP contribution >= 0.6 is 11.8 Å². The van der Waals surface area contributed by atoms with Gasteiger partial charge in [0.15, 0.2) is 0 Å². The lowest BCUT2D eigenvalue weighted by Gasteiger charge is -2.23. The number of amides is 1. The number of methoxy groups -OCH3 is 1. The van der Waals surface area contributed by atoms with Gasteiger partial charge in [-0.2, -0.15) is 0 Å². The van der Waals surface area contributed by atoms with E-state index in [1.807, 2.05) is 24.5 Å². The lowest BCUT2D eigenvalue weighted by atomic mass is 10.1. The molecule has 1 aromatic heterocycles. The summed E-state index contributed by atoms with van der Waals surface area (Å²) in [7, 11) is 1.64. The van der Waals surface area contributed by atoms with Gasteiger partial charge in [0.1, 0.15) is 5.75 Å². The zero-order valence-corrected chi connectivity index (χ0v) is 15.6. The Hall–Kier alpha value is -2.23. The summed E-state index contributed by atoms with van der Waals surface area (Å²) in [6.07, 6.45) is 9.02. The van der Waals surface area contributed by atoms with Gasteiger partial charge in [0.25, 0.3) is 5.91 Å². The van der Waals surface area contributed by atoms with Gasteiger partial charge in [-0.3, -0.25) is 9.78 Å². The summed E-state index contributed by atoms with van der Waals surface area (Å²) < 4.78 is 11.0.